The molecule has 0 fully saturated rings. The fourth-order valence-electron chi connectivity index (χ4n) is 2.66. The molecule has 2 aromatic carbocycles. The van der Waals surface area contributed by atoms with Crippen LogP contribution >= 0.6 is 23.1 Å². The summed E-state index contributed by atoms with van der Waals surface area (Å²) in [5, 5.41) is 7.68. The summed E-state index contributed by atoms with van der Waals surface area (Å²) in [5.41, 5.74) is 3.77. The van der Waals surface area contributed by atoms with Crippen LogP contribution in [0.25, 0.3) is 0 Å². The summed E-state index contributed by atoms with van der Waals surface area (Å²) in [6, 6.07) is 17.1. The van der Waals surface area contributed by atoms with E-state index in [0.717, 1.165) is 21.7 Å². The van der Waals surface area contributed by atoms with E-state index in [9.17, 15) is 9.59 Å². The molecule has 0 bridgehead atoms. The normalized spacial score (nSPS) is 10.4. The number of carbonyl (C=O) groups excluding carboxylic acids is 2. The average molecular weight is 397 g/mol. The molecule has 0 spiro atoms. The topological polar surface area (TPSA) is 58.2 Å². The summed E-state index contributed by atoms with van der Waals surface area (Å²) in [7, 11) is 0. The maximum absolute atomic E-state index is 12.2. The van der Waals surface area contributed by atoms with Gasteiger partial charge in [-0.15, -0.1) is 23.1 Å². The van der Waals surface area contributed by atoms with E-state index < -0.39 is 0 Å². The van der Waals surface area contributed by atoms with Crippen LogP contribution < -0.4 is 10.6 Å². The van der Waals surface area contributed by atoms with Crippen molar-refractivity contribution in [3.63, 3.8) is 0 Å². The quantitative estimate of drug-likeness (QED) is 0.552. The molecular formula is C21H20N2O2S2. The van der Waals surface area contributed by atoms with Crippen molar-refractivity contribution in [2.75, 3.05) is 16.4 Å². The predicted octanol–water partition coefficient (Wildman–Crippen LogP) is 5.35. The summed E-state index contributed by atoms with van der Waals surface area (Å²) in [6.07, 6.45) is 0. The molecule has 27 heavy (non-hydrogen) atoms. The second kappa shape index (κ2) is 8.88. The van der Waals surface area contributed by atoms with Crippen molar-refractivity contribution in [1.29, 1.82) is 0 Å². The molecule has 3 rings (SSSR count). The first-order valence-electron chi connectivity index (χ1n) is 8.45. The molecule has 0 aliphatic carbocycles. The number of amides is 2. The number of hydrogen-bond donors (Lipinski definition) is 2. The van der Waals surface area contributed by atoms with Crippen molar-refractivity contribution in [3.8, 4) is 0 Å². The second-order valence-electron chi connectivity index (χ2n) is 6.17. The first-order valence-corrected chi connectivity index (χ1v) is 10.3. The van der Waals surface area contributed by atoms with Crippen molar-refractivity contribution in [1.82, 2.24) is 0 Å². The molecule has 138 valence electrons. The molecule has 0 radical (unpaired) electrons. The van der Waals surface area contributed by atoms with E-state index in [1.54, 1.807) is 6.07 Å². The molecule has 4 nitrogen and oxygen atoms in total. The van der Waals surface area contributed by atoms with Crippen molar-refractivity contribution in [2.45, 2.75) is 18.7 Å². The Kier molecular flexibility index (Phi) is 6.32. The van der Waals surface area contributed by atoms with E-state index >= 15 is 0 Å². The Morgan fingerprint density at radius 3 is 2.41 bits per heavy atom. The van der Waals surface area contributed by atoms with Gasteiger partial charge in [-0.05, 0) is 66.8 Å². The number of thioether (sulfide) groups is 1. The van der Waals surface area contributed by atoms with Gasteiger partial charge in [-0.25, -0.2) is 0 Å². The molecule has 0 aliphatic rings. The second-order valence-corrected chi connectivity index (χ2v) is 8.17. The summed E-state index contributed by atoms with van der Waals surface area (Å²) in [4.78, 5) is 26.0. The van der Waals surface area contributed by atoms with E-state index in [4.69, 9.17) is 0 Å². The molecule has 1 aromatic heterocycles. The van der Waals surface area contributed by atoms with Gasteiger partial charge in [0, 0.05) is 16.3 Å². The molecule has 3 aromatic rings. The van der Waals surface area contributed by atoms with Gasteiger partial charge in [0.1, 0.15) is 0 Å². The van der Waals surface area contributed by atoms with Crippen LogP contribution in [-0.4, -0.2) is 17.6 Å². The molecule has 6 heteroatoms. The smallest absolute Gasteiger partial charge is 0.265 e. The highest BCUT2D eigenvalue weighted by molar-refractivity contribution is 8.00. The molecular weight excluding hydrogens is 376 g/mol. The maximum Gasteiger partial charge on any atom is 0.265 e. The van der Waals surface area contributed by atoms with Crippen LogP contribution in [0.4, 0.5) is 11.4 Å². The zero-order chi connectivity index (χ0) is 19.2. The Bertz CT molecular complexity index is 932. The third-order valence-corrected chi connectivity index (χ3v) is 5.57. The van der Waals surface area contributed by atoms with Crippen LogP contribution in [-0.2, 0) is 4.79 Å². The Balaban J connectivity index is 1.56. The SMILES string of the molecule is Cc1cc(C)cc(NC(=O)CSc2cccc(NC(=O)c3cccs3)c2)c1. The molecule has 0 atom stereocenters. The number of hydrogen-bond acceptors (Lipinski definition) is 4. The molecule has 2 N–H and O–H groups in total. The fourth-order valence-corrected chi connectivity index (χ4v) is 4.03. The third-order valence-electron chi connectivity index (χ3n) is 3.71. The lowest BCUT2D eigenvalue weighted by Gasteiger charge is -2.09. The minimum absolute atomic E-state index is 0.0574. The summed E-state index contributed by atoms with van der Waals surface area (Å²) in [5.74, 6) is 0.118. The van der Waals surface area contributed by atoms with E-state index in [2.05, 4.69) is 16.7 Å². The van der Waals surface area contributed by atoms with Crippen LogP contribution in [0, 0.1) is 13.8 Å². The minimum atomic E-state index is -0.125. The van der Waals surface area contributed by atoms with Gasteiger partial charge < -0.3 is 10.6 Å². The molecule has 0 aliphatic heterocycles. The first kappa shape index (κ1) is 19.2. The highest BCUT2D eigenvalue weighted by Gasteiger charge is 2.08. The van der Waals surface area contributed by atoms with E-state index in [1.807, 2.05) is 61.7 Å². The third kappa shape index (κ3) is 5.70. The number of thiophene rings is 1. The predicted molar refractivity (Wildman–Crippen MR) is 114 cm³/mol. The molecule has 1 heterocycles. The zero-order valence-electron chi connectivity index (χ0n) is 15.1. The minimum Gasteiger partial charge on any atom is -0.325 e. The number of carbonyl (C=O) groups is 2. The summed E-state index contributed by atoms with van der Waals surface area (Å²) < 4.78 is 0. The lowest BCUT2D eigenvalue weighted by atomic mass is 10.1. The number of nitrogens with one attached hydrogen (secondary N) is 2. The van der Waals surface area contributed by atoms with Crippen LogP contribution in [0.15, 0.2) is 64.9 Å². The van der Waals surface area contributed by atoms with Gasteiger partial charge in [0.2, 0.25) is 5.91 Å². The maximum atomic E-state index is 12.2. The van der Waals surface area contributed by atoms with Crippen molar-refractivity contribution in [3.05, 3.63) is 76.0 Å². The van der Waals surface area contributed by atoms with E-state index in [0.29, 0.717) is 16.3 Å². The highest BCUT2D eigenvalue weighted by Crippen LogP contribution is 2.23. The van der Waals surface area contributed by atoms with Crippen molar-refractivity contribution < 1.29 is 9.59 Å². The fraction of sp³-hybridized carbons (Fsp3) is 0.143. The highest BCUT2D eigenvalue weighted by atomic mass is 32.2. The van der Waals surface area contributed by atoms with E-state index in [-0.39, 0.29) is 11.8 Å². The average Bonchev–Trinajstić information content (AvgIpc) is 3.14. The number of aryl methyl sites for hydroxylation is 2. The van der Waals surface area contributed by atoms with Crippen LogP contribution in [0.1, 0.15) is 20.8 Å². The zero-order valence-corrected chi connectivity index (χ0v) is 16.7. The van der Waals surface area contributed by atoms with Gasteiger partial charge in [-0.1, -0.05) is 18.2 Å². The van der Waals surface area contributed by atoms with Gasteiger partial charge in [-0.3, -0.25) is 9.59 Å². The standard InChI is InChI=1S/C21H20N2O2S2/c1-14-9-15(2)11-17(10-14)22-20(24)13-27-18-6-3-5-16(12-18)23-21(25)19-7-4-8-26-19/h3-12H,13H2,1-2H3,(H,22,24)(H,23,25). The Morgan fingerprint density at radius 2 is 1.70 bits per heavy atom. The van der Waals surface area contributed by atoms with E-state index in [1.165, 1.54) is 23.1 Å². The Morgan fingerprint density at radius 1 is 0.926 bits per heavy atom. The summed E-state index contributed by atoms with van der Waals surface area (Å²) in [6.45, 7) is 4.01. The first-order chi connectivity index (χ1) is 13.0. The van der Waals surface area contributed by atoms with Gasteiger partial charge in [0.25, 0.3) is 5.91 Å². The summed E-state index contributed by atoms with van der Waals surface area (Å²) >= 11 is 2.84. The van der Waals surface area contributed by atoms with Gasteiger partial charge in [0.15, 0.2) is 0 Å². The monoisotopic (exact) mass is 396 g/mol. The molecule has 0 saturated heterocycles. The number of rotatable bonds is 6. The number of anilines is 2. The lowest BCUT2D eigenvalue weighted by molar-refractivity contribution is -0.113. The van der Waals surface area contributed by atoms with Crippen molar-refractivity contribution in [2.24, 2.45) is 0 Å². The Labute approximate surface area is 167 Å². The Hall–Kier alpha value is -2.57. The van der Waals surface area contributed by atoms with Gasteiger partial charge in [0.05, 0.1) is 10.6 Å². The largest absolute Gasteiger partial charge is 0.325 e. The number of benzene rings is 2. The van der Waals surface area contributed by atoms with Gasteiger partial charge in [-0.2, -0.15) is 0 Å². The molecule has 0 unspecified atom stereocenters. The van der Waals surface area contributed by atoms with Gasteiger partial charge >= 0.3 is 0 Å². The van der Waals surface area contributed by atoms with Crippen LogP contribution in [0.2, 0.25) is 0 Å². The molecule has 0 saturated carbocycles. The molecule has 2 amide bonds. The van der Waals surface area contributed by atoms with Crippen molar-refractivity contribution >= 4 is 46.3 Å². The van der Waals surface area contributed by atoms with Crippen LogP contribution in [0.5, 0.6) is 0 Å². The van der Waals surface area contributed by atoms with Crippen LogP contribution in [0.3, 0.4) is 0 Å². The lowest BCUT2D eigenvalue weighted by Crippen LogP contribution is -2.14.